The van der Waals surface area contributed by atoms with Crippen LogP contribution in [0.5, 0.6) is 0 Å². The molecule has 7 heteroatoms. The van der Waals surface area contributed by atoms with Gasteiger partial charge in [0.15, 0.2) is 0 Å². The fourth-order valence-corrected chi connectivity index (χ4v) is 4.22. The molecule has 0 fully saturated rings. The molecule has 0 aliphatic carbocycles. The number of unbranched alkanes of at least 4 members (excludes halogenated alkanes) is 4. The molecule has 0 saturated carbocycles. The third kappa shape index (κ3) is 7.66. The molecular formula is C23H38N3O3P. The van der Waals surface area contributed by atoms with Crippen LogP contribution in [0.1, 0.15) is 63.8 Å². The molecule has 168 valence electrons. The first-order chi connectivity index (χ1) is 14.6. The van der Waals surface area contributed by atoms with E-state index in [9.17, 15) is 0 Å². The highest BCUT2D eigenvalue weighted by atomic mass is 31.2. The molecule has 2 aromatic rings. The minimum Gasteiger partial charge on any atom is -0.388 e. The zero-order valence-electron chi connectivity index (χ0n) is 19.2. The molecular weight excluding hydrogens is 397 g/mol. The van der Waals surface area contributed by atoms with Crippen LogP contribution in [0.2, 0.25) is 0 Å². The number of nitrogens with zero attached hydrogens (tertiary/aromatic N) is 2. The first-order valence-corrected chi connectivity index (χ1v) is 12.2. The van der Waals surface area contributed by atoms with E-state index in [4.69, 9.17) is 18.7 Å². The first-order valence-electron chi connectivity index (χ1n) is 11.1. The van der Waals surface area contributed by atoms with E-state index in [0.29, 0.717) is 19.9 Å². The van der Waals surface area contributed by atoms with Gasteiger partial charge in [0.1, 0.15) is 6.73 Å². The molecule has 0 radical (unpaired) electrons. The lowest BCUT2D eigenvalue weighted by molar-refractivity contribution is 0.123. The highest BCUT2D eigenvalue weighted by molar-refractivity contribution is 7.41. The van der Waals surface area contributed by atoms with E-state index >= 15 is 0 Å². The van der Waals surface area contributed by atoms with Crippen molar-refractivity contribution < 1.29 is 13.6 Å². The first kappa shape index (κ1) is 24.8. The Kier molecular flexibility index (Phi) is 11.4. The van der Waals surface area contributed by atoms with Gasteiger partial charge in [-0.05, 0) is 44.4 Å². The summed E-state index contributed by atoms with van der Waals surface area (Å²) in [6.45, 7) is 10.2. The van der Waals surface area contributed by atoms with Crippen molar-refractivity contribution in [3.05, 3.63) is 35.7 Å². The van der Waals surface area contributed by atoms with Gasteiger partial charge in [-0.15, -0.1) is 0 Å². The maximum Gasteiger partial charge on any atom is 0.334 e. The number of nitrogens with one attached hydrogen (secondary N) is 1. The second-order valence-corrected chi connectivity index (χ2v) is 8.66. The van der Waals surface area contributed by atoms with Crippen LogP contribution in [-0.2, 0) is 20.3 Å². The van der Waals surface area contributed by atoms with Gasteiger partial charge in [0, 0.05) is 24.0 Å². The second kappa shape index (κ2) is 13.8. The van der Waals surface area contributed by atoms with Gasteiger partial charge in [-0.1, -0.05) is 51.7 Å². The van der Waals surface area contributed by atoms with Crippen molar-refractivity contribution >= 4 is 14.3 Å². The molecule has 0 spiro atoms. The minimum atomic E-state index is -1.36. The van der Waals surface area contributed by atoms with Gasteiger partial charge in [0.25, 0.3) is 0 Å². The Balaban J connectivity index is 2.00. The maximum atomic E-state index is 6.02. The zero-order valence-corrected chi connectivity index (χ0v) is 20.1. The van der Waals surface area contributed by atoms with Gasteiger partial charge >= 0.3 is 8.60 Å². The van der Waals surface area contributed by atoms with Gasteiger partial charge < -0.3 is 14.4 Å². The van der Waals surface area contributed by atoms with E-state index < -0.39 is 8.60 Å². The van der Waals surface area contributed by atoms with Crippen LogP contribution < -0.4 is 5.32 Å². The van der Waals surface area contributed by atoms with Crippen LogP contribution in [-0.4, -0.2) is 30.0 Å². The Hall–Kier alpha value is -1.46. The van der Waals surface area contributed by atoms with Crippen LogP contribution in [0.3, 0.4) is 0 Å². The highest BCUT2D eigenvalue weighted by Crippen LogP contribution is 2.41. The number of hydrogen-bond donors (Lipinski definition) is 1. The largest absolute Gasteiger partial charge is 0.388 e. The van der Waals surface area contributed by atoms with Crippen LogP contribution in [0.25, 0.3) is 11.1 Å². The fourth-order valence-electron chi connectivity index (χ4n) is 3.24. The van der Waals surface area contributed by atoms with E-state index in [1.807, 2.05) is 18.7 Å². The number of rotatable bonds is 15. The Morgan fingerprint density at radius 1 is 0.900 bits per heavy atom. The molecule has 1 heterocycles. The van der Waals surface area contributed by atoms with Crippen molar-refractivity contribution in [3.63, 3.8) is 0 Å². The SMILES string of the molecule is CCCCCOP(OCCCCC)OCn1nc(C)c(-c2ccc(NC)cc2)c1C. The summed E-state index contributed by atoms with van der Waals surface area (Å²) in [6, 6.07) is 8.40. The van der Waals surface area contributed by atoms with Crippen molar-refractivity contribution in [2.24, 2.45) is 0 Å². The Labute approximate surface area is 183 Å². The molecule has 2 rings (SSSR count). The summed E-state index contributed by atoms with van der Waals surface area (Å²) in [4.78, 5) is 0. The number of anilines is 1. The Morgan fingerprint density at radius 3 is 2.03 bits per heavy atom. The summed E-state index contributed by atoms with van der Waals surface area (Å²) >= 11 is 0. The van der Waals surface area contributed by atoms with Crippen molar-refractivity contribution in [2.45, 2.75) is 73.0 Å². The lowest BCUT2D eigenvalue weighted by Crippen LogP contribution is -2.07. The molecule has 0 atom stereocenters. The highest BCUT2D eigenvalue weighted by Gasteiger charge is 2.17. The number of hydrogen-bond acceptors (Lipinski definition) is 5. The summed E-state index contributed by atoms with van der Waals surface area (Å²) in [5, 5.41) is 7.85. The van der Waals surface area contributed by atoms with Gasteiger partial charge in [-0.2, -0.15) is 5.10 Å². The number of benzene rings is 1. The van der Waals surface area contributed by atoms with Crippen LogP contribution >= 0.6 is 8.60 Å². The van der Waals surface area contributed by atoms with E-state index in [2.05, 4.69) is 50.4 Å². The van der Waals surface area contributed by atoms with Crippen LogP contribution in [0, 0.1) is 13.8 Å². The zero-order chi connectivity index (χ0) is 21.8. The Morgan fingerprint density at radius 2 is 1.50 bits per heavy atom. The molecule has 0 amide bonds. The Bertz CT molecular complexity index is 722. The van der Waals surface area contributed by atoms with Crippen molar-refractivity contribution in [1.82, 2.24) is 9.78 Å². The van der Waals surface area contributed by atoms with Gasteiger partial charge in [-0.25, -0.2) is 4.68 Å². The van der Waals surface area contributed by atoms with E-state index in [1.54, 1.807) is 0 Å². The quantitative estimate of drug-likeness (QED) is 0.246. The topological polar surface area (TPSA) is 57.5 Å². The molecule has 6 nitrogen and oxygen atoms in total. The monoisotopic (exact) mass is 435 g/mol. The third-order valence-corrected chi connectivity index (χ3v) is 6.13. The molecule has 1 aromatic heterocycles. The number of aryl methyl sites for hydroxylation is 1. The predicted octanol–water partition coefficient (Wildman–Crippen LogP) is 6.82. The summed E-state index contributed by atoms with van der Waals surface area (Å²) in [7, 11) is 0.564. The molecule has 0 aliphatic rings. The summed E-state index contributed by atoms with van der Waals surface area (Å²) in [6.07, 6.45) is 6.72. The smallest absolute Gasteiger partial charge is 0.334 e. The predicted molar refractivity (Wildman–Crippen MR) is 126 cm³/mol. The van der Waals surface area contributed by atoms with Crippen LogP contribution in [0.15, 0.2) is 24.3 Å². The number of aromatic nitrogens is 2. The average Bonchev–Trinajstić information content (AvgIpc) is 3.05. The molecule has 0 saturated heterocycles. The van der Waals surface area contributed by atoms with Crippen molar-refractivity contribution in [2.75, 3.05) is 25.6 Å². The summed E-state index contributed by atoms with van der Waals surface area (Å²) in [5.74, 6) is 0. The molecule has 0 bridgehead atoms. The fraction of sp³-hybridized carbons (Fsp3) is 0.609. The third-order valence-electron chi connectivity index (χ3n) is 5.02. The van der Waals surface area contributed by atoms with Crippen LogP contribution in [0.4, 0.5) is 5.69 Å². The molecule has 1 N–H and O–H groups in total. The van der Waals surface area contributed by atoms with Gasteiger partial charge in [0.2, 0.25) is 0 Å². The molecule has 1 aromatic carbocycles. The maximum absolute atomic E-state index is 6.02. The summed E-state index contributed by atoms with van der Waals surface area (Å²) < 4.78 is 19.7. The standard InChI is InChI=1S/C23H38N3O3P/c1-6-8-10-16-27-30(28-17-11-9-7-2)29-18-26-20(4)23(19(3)25-26)21-12-14-22(24-5)15-13-21/h12-15,24H,6-11,16-18H2,1-5H3. The second-order valence-electron chi connectivity index (χ2n) is 7.44. The normalized spacial score (nSPS) is 11.4. The molecule has 0 aliphatic heterocycles. The van der Waals surface area contributed by atoms with E-state index in [-0.39, 0.29) is 0 Å². The average molecular weight is 436 g/mol. The lowest BCUT2D eigenvalue weighted by Gasteiger charge is -2.17. The molecule has 0 unspecified atom stereocenters. The van der Waals surface area contributed by atoms with Gasteiger partial charge in [0.05, 0.1) is 18.9 Å². The van der Waals surface area contributed by atoms with Crippen molar-refractivity contribution in [1.29, 1.82) is 0 Å². The van der Waals surface area contributed by atoms with Crippen molar-refractivity contribution in [3.8, 4) is 11.1 Å². The van der Waals surface area contributed by atoms with E-state index in [0.717, 1.165) is 53.9 Å². The van der Waals surface area contributed by atoms with E-state index in [1.165, 1.54) is 12.8 Å². The summed E-state index contributed by atoms with van der Waals surface area (Å²) in [5.41, 5.74) is 5.47. The lowest BCUT2D eigenvalue weighted by atomic mass is 10.0. The minimum absolute atomic E-state index is 0.328. The molecule has 30 heavy (non-hydrogen) atoms. The van der Waals surface area contributed by atoms with Gasteiger partial charge in [-0.3, -0.25) is 4.52 Å².